The number of imidazole rings is 1. The summed E-state index contributed by atoms with van der Waals surface area (Å²) < 4.78 is 2.10. The van der Waals surface area contributed by atoms with E-state index in [1.54, 1.807) is 11.3 Å². The molecule has 0 fully saturated rings. The van der Waals surface area contributed by atoms with E-state index >= 15 is 0 Å². The van der Waals surface area contributed by atoms with Crippen molar-refractivity contribution in [2.75, 3.05) is 13.6 Å². The van der Waals surface area contributed by atoms with Crippen molar-refractivity contribution in [2.45, 2.75) is 19.8 Å². The lowest BCUT2D eigenvalue weighted by atomic mass is 10.0. The van der Waals surface area contributed by atoms with Gasteiger partial charge < -0.3 is 5.32 Å². The molecule has 1 unspecified atom stereocenters. The fourth-order valence-electron chi connectivity index (χ4n) is 1.74. The lowest BCUT2D eigenvalue weighted by molar-refractivity contribution is 0.502. The Labute approximate surface area is 94.1 Å². The molecule has 0 saturated heterocycles. The van der Waals surface area contributed by atoms with E-state index in [-0.39, 0.29) is 0 Å². The van der Waals surface area contributed by atoms with Crippen LogP contribution in [-0.4, -0.2) is 23.0 Å². The van der Waals surface area contributed by atoms with Gasteiger partial charge in [0.25, 0.3) is 0 Å². The molecule has 0 amide bonds. The molecule has 0 spiro atoms. The van der Waals surface area contributed by atoms with Gasteiger partial charge in [-0.15, -0.1) is 11.3 Å². The minimum Gasteiger partial charge on any atom is -0.319 e. The minimum absolute atomic E-state index is 0.717. The highest BCUT2D eigenvalue weighted by Gasteiger charge is 2.05. The lowest BCUT2D eigenvalue weighted by Gasteiger charge is -2.08. The SMILES string of the molecule is CNCC(C)CCc1cn2ccsc2n1. The third-order valence-electron chi connectivity index (χ3n) is 2.59. The Morgan fingerprint density at radius 1 is 1.60 bits per heavy atom. The Kier molecular flexibility index (Phi) is 3.38. The smallest absolute Gasteiger partial charge is 0.193 e. The summed E-state index contributed by atoms with van der Waals surface area (Å²) in [7, 11) is 2.00. The van der Waals surface area contributed by atoms with Crippen LogP contribution in [0, 0.1) is 5.92 Å². The summed E-state index contributed by atoms with van der Waals surface area (Å²) in [6, 6.07) is 0. The van der Waals surface area contributed by atoms with Gasteiger partial charge in [-0.1, -0.05) is 6.92 Å². The van der Waals surface area contributed by atoms with E-state index in [4.69, 9.17) is 0 Å². The monoisotopic (exact) mass is 223 g/mol. The third-order valence-corrected chi connectivity index (χ3v) is 3.36. The van der Waals surface area contributed by atoms with Gasteiger partial charge in [0.1, 0.15) is 0 Å². The van der Waals surface area contributed by atoms with Gasteiger partial charge in [0.15, 0.2) is 4.96 Å². The highest BCUT2D eigenvalue weighted by Crippen LogP contribution is 2.14. The van der Waals surface area contributed by atoms with Gasteiger partial charge in [-0.3, -0.25) is 4.40 Å². The summed E-state index contributed by atoms with van der Waals surface area (Å²) in [6.07, 6.45) is 6.48. The van der Waals surface area contributed by atoms with Crippen LogP contribution in [0.1, 0.15) is 19.0 Å². The first-order valence-corrected chi connectivity index (χ1v) is 6.23. The molecule has 2 aromatic rings. The molecule has 0 aliphatic heterocycles. The molecule has 0 aliphatic rings. The first kappa shape index (κ1) is 10.6. The van der Waals surface area contributed by atoms with Crippen molar-refractivity contribution < 1.29 is 0 Å². The Morgan fingerprint density at radius 2 is 2.47 bits per heavy atom. The number of fused-ring (bicyclic) bond motifs is 1. The largest absolute Gasteiger partial charge is 0.319 e. The van der Waals surface area contributed by atoms with Gasteiger partial charge in [-0.25, -0.2) is 4.98 Å². The number of thiazole rings is 1. The summed E-state index contributed by atoms with van der Waals surface area (Å²) in [6.45, 7) is 3.36. The zero-order valence-electron chi connectivity index (χ0n) is 9.23. The van der Waals surface area contributed by atoms with Crippen molar-refractivity contribution in [1.29, 1.82) is 0 Å². The summed E-state index contributed by atoms with van der Waals surface area (Å²) in [5.74, 6) is 0.717. The molecule has 3 nitrogen and oxygen atoms in total. The molecule has 0 radical (unpaired) electrons. The lowest BCUT2D eigenvalue weighted by Crippen LogP contribution is -2.16. The zero-order chi connectivity index (χ0) is 10.7. The summed E-state index contributed by atoms with van der Waals surface area (Å²) in [5, 5.41) is 5.27. The van der Waals surface area contributed by atoms with Crippen LogP contribution in [0.4, 0.5) is 0 Å². The summed E-state index contributed by atoms with van der Waals surface area (Å²) in [5.41, 5.74) is 1.21. The number of rotatable bonds is 5. The highest BCUT2D eigenvalue weighted by molar-refractivity contribution is 7.15. The van der Waals surface area contributed by atoms with Crippen LogP contribution in [0.2, 0.25) is 0 Å². The maximum atomic E-state index is 4.57. The van der Waals surface area contributed by atoms with Crippen molar-refractivity contribution >= 4 is 16.3 Å². The number of aryl methyl sites for hydroxylation is 1. The maximum absolute atomic E-state index is 4.57. The van der Waals surface area contributed by atoms with E-state index in [1.165, 1.54) is 12.1 Å². The average Bonchev–Trinajstić information content (AvgIpc) is 2.74. The zero-order valence-corrected chi connectivity index (χ0v) is 10.0. The molecule has 0 saturated carbocycles. The first-order valence-electron chi connectivity index (χ1n) is 5.35. The van der Waals surface area contributed by atoms with Crippen LogP contribution in [0.5, 0.6) is 0 Å². The van der Waals surface area contributed by atoms with Gasteiger partial charge in [0, 0.05) is 17.8 Å². The summed E-state index contributed by atoms with van der Waals surface area (Å²) in [4.78, 5) is 5.67. The molecular weight excluding hydrogens is 206 g/mol. The molecule has 0 aliphatic carbocycles. The molecule has 1 N–H and O–H groups in total. The maximum Gasteiger partial charge on any atom is 0.193 e. The Balaban J connectivity index is 1.92. The molecule has 82 valence electrons. The average molecular weight is 223 g/mol. The van der Waals surface area contributed by atoms with Gasteiger partial charge in [0.05, 0.1) is 5.69 Å². The quantitative estimate of drug-likeness (QED) is 0.842. The molecule has 2 aromatic heterocycles. The molecule has 1 atom stereocenters. The fraction of sp³-hybridized carbons (Fsp3) is 0.545. The predicted octanol–water partition coefficient (Wildman–Crippen LogP) is 2.18. The fourth-order valence-corrected chi connectivity index (χ4v) is 2.46. The van der Waals surface area contributed by atoms with Crippen LogP contribution in [0.15, 0.2) is 17.8 Å². The second kappa shape index (κ2) is 4.77. The third kappa shape index (κ3) is 2.58. The highest BCUT2D eigenvalue weighted by atomic mass is 32.1. The number of hydrogen-bond donors (Lipinski definition) is 1. The van der Waals surface area contributed by atoms with Crippen LogP contribution < -0.4 is 5.32 Å². The standard InChI is InChI=1S/C11H17N3S/c1-9(7-12-2)3-4-10-8-14-5-6-15-11(14)13-10/h5-6,8-9,12H,3-4,7H2,1-2H3. The van der Waals surface area contributed by atoms with E-state index < -0.39 is 0 Å². The normalized spacial score (nSPS) is 13.5. The van der Waals surface area contributed by atoms with Gasteiger partial charge in [-0.05, 0) is 32.4 Å². The van der Waals surface area contributed by atoms with Gasteiger partial charge >= 0.3 is 0 Å². The molecule has 0 aromatic carbocycles. The number of hydrogen-bond acceptors (Lipinski definition) is 3. The number of aromatic nitrogens is 2. The van der Waals surface area contributed by atoms with E-state index in [1.807, 2.05) is 7.05 Å². The van der Waals surface area contributed by atoms with Crippen LogP contribution in [0.25, 0.3) is 4.96 Å². The molecule has 15 heavy (non-hydrogen) atoms. The van der Waals surface area contributed by atoms with Gasteiger partial charge in [-0.2, -0.15) is 0 Å². The minimum atomic E-state index is 0.717. The second-order valence-corrected chi connectivity index (χ2v) is 4.90. The molecule has 2 rings (SSSR count). The second-order valence-electron chi connectivity index (χ2n) is 4.03. The molecule has 4 heteroatoms. The topological polar surface area (TPSA) is 29.3 Å². The molecule has 2 heterocycles. The van der Waals surface area contributed by atoms with Crippen molar-refractivity contribution in [2.24, 2.45) is 5.92 Å². The Morgan fingerprint density at radius 3 is 3.20 bits per heavy atom. The van der Waals surface area contributed by atoms with Crippen LogP contribution in [0.3, 0.4) is 0 Å². The van der Waals surface area contributed by atoms with Crippen LogP contribution >= 0.6 is 11.3 Å². The first-order chi connectivity index (χ1) is 7.29. The van der Waals surface area contributed by atoms with Crippen molar-refractivity contribution in [1.82, 2.24) is 14.7 Å². The number of nitrogens with one attached hydrogen (secondary N) is 1. The van der Waals surface area contributed by atoms with Gasteiger partial charge in [0.2, 0.25) is 0 Å². The van der Waals surface area contributed by atoms with Crippen molar-refractivity contribution in [3.05, 3.63) is 23.5 Å². The van der Waals surface area contributed by atoms with E-state index in [9.17, 15) is 0 Å². The van der Waals surface area contributed by atoms with Crippen LogP contribution in [-0.2, 0) is 6.42 Å². The van der Waals surface area contributed by atoms with Crippen molar-refractivity contribution in [3.8, 4) is 0 Å². The predicted molar refractivity (Wildman–Crippen MR) is 64.5 cm³/mol. The van der Waals surface area contributed by atoms with E-state index in [0.717, 1.165) is 23.8 Å². The van der Waals surface area contributed by atoms with E-state index in [0.29, 0.717) is 0 Å². The Bertz CT molecular complexity index is 390. The molecule has 0 bridgehead atoms. The van der Waals surface area contributed by atoms with E-state index in [2.05, 4.69) is 39.4 Å². The molecular formula is C11H17N3S. The van der Waals surface area contributed by atoms with Crippen molar-refractivity contribution in [3.63, 3.8) is 0 Å². The number of nitrogens with zero attached hydrogens (tertiary/aromatic N) is 2. The summed E-state index contributed by atoms with van der Waals surface area (Å²) >= 11 is 1.69. The Hall–Kier alpha value is -0.870.